The Morgan fingerprint density at radius 2 is 1.08 bits per heavy atom. The molecule has 2 aromatic rings. The van der Waals surface area contributed by atoms with Crippen LogP contribution in [0.15, 0.2) is 36.4 Å². The molecule has 2 aliphatic carbocycles. The molecule has 138 valence electrons. The van der Waals surface area contributed by atoms with Crippen molar-refractivity contribution in [2.24, 2.45) is 10.8 Å². The van der Waals surface area contributed by atoms with Gasteiger partial charge in [0.05, 0.1) is 14.2 Å². The summed E-state index contributed by atoms with van der Waals surface area (Å²) >= 11 is 0. The largest absolute Gasteiger partial charge is 0.497 e. The highest BCUT2D eigenvalue weighted by atomic mass is 16.5. The topological polar surface area (TPSA) is 18.5 Å². The zero-order valence-corrected chi connectivity index (χ0v) is 16.8. The van der Waals surface area contributed by atoms with Crippen molar-refractivity contribution in [2.75, 3.05) is 14.2 Å². The van der Waals surface area contributed by atoms with E-state index < -0.39 is 0 Å². The number of methoxy groups -OCH3 is 2. The van der Waals surface area contributed by atoms with Gasteiger partial charge in [0.15, 0.2) is 0 Å². The Morgan fingerprint density at radius 3 is 1.42 bits per heavy atom. The summed E-state index contributed by atoms with van der Waals surface area (Å²) in [4.78, 5) is 0. The predicted octanol–water partition coefficient (Wildman–Crippen LogP) is 5.74. The van der Waals surface area contributed by atoms with E-state index in [1.54, 1.807) is 14.2 Å². The molecule has 0 saturated heterocycles. The maximum Gasteiger partial charge on any atom is 0.119 e. The lowest BCUT2D eigenvalue weighted by Crippen LogP contribution is -2.30. The SMILES string of the molecule is COc1ccc2c(c1)CC(C)(C)[C@H]2[C@H]1c2ccc(OC)cc2CC1(C)C. The first-order valence-electron chi connectivity index (χ1n) is 9.60. The summed E-state index contributed by atoms with van der Waals surface area (Å²) in [6, 6.07) is 13.4. The molecule has 0 saturated carbocycles. The Hall–Kier alpha value is -1.96. The minimum Gasteiger partial charge on any atom is -0.497 e. The molecule has 0 fully saturated rings. The van der Waals surface area contributed by atoms with E-state index in [4.69, 9.17) is 9.47 Å². The van der Waals surface area contributed by atoms with Crippen LogP contribution in [-0.4, -0.2) is 14.2 Å². The molecule has 0 unspecified atom stereocenters. The second-order valence-electron chi connectivity index (χ2n) is 9.42. The van der Waals surface area contributed by atoms with E-state index in [9.17, 15) is 0 Å². The van der Waals surface area contributed by atoms with Crippen LogP contribution in [0.3, 0.4) is 0 Å². The maximum absolute atomic E-state index is 5.48. The average molecular weight is 351 g/mol. The molecule has 0 aliphatic heterocycles. The Labute approximate surface area is 157 Å². The van der Waals surface area contributed by atoms with E-state index in [0.717, 1.165) is 24.3 Å². The second-order valence-corrected chi connectivity index (χ2v) is 9.42. The van der Waals surface area contributed by atoms with Crippen LogP contribution in [0.4, 0.5) is 0 Å². The second kappa shape index (κ2) is 5.77. The zero-order valence-electron chi connectivity index (χ0n) is 16.8. The van der Waals surface area contributed by atoms with Crippen LogP contribution in [0.1, 0.15) is 61.8 Å². The molecule has 0 amide bonds. The number of ether oxygens (including phenoxy) is 2. The summed E-state index contributed by atoms with van der Waals surface area (Å²) in [5.41, 5.74) is 6.40. The van der Waals surface area contributed by atoms with Gasteiger partial charge in [-0.15, -0.1) is 0 Å². The number of benzene rings is 2. The Balaban J connectivity index is 1.85. The normalized spacial score (nSPS) is 24.8. The minimum absolute atomic E-state index is 0.234. The fourth-order valence-corrected chi connectivity index (χ4v) is 5.64. The van der Waals surface area contributed by atoms with Crippen molar-refractivity contribution in [2.45, 2.75) is 52.4 Å². The van der Waals surface area contributed by atoms with Crippen LogP contribution in [0.5, 0.6) is 11.5 Å². The molecule has 4 rings (SSSR count). The highest BCUT2D eigenvalue weighted by molar-refractivity contribution is 5.50. The van der Waals surface area contributed by atoms with E-state index in [0.29, 0.717) is 11.8 Å². The summed E-state index contributed by atoms with van der Waals surface area (Å²) in [5, 5.41) is 0. The van der Waals surface area contributed by atoms with Gasteiger partial charge in [-0.05, 0) is 82.0 Å². The van der Waals surface area contributed by atoms with Crippen LogP contribution < -0.4 is 9.47 Å². The van der Waals surface area contributed by atoms with Crippen LogP contribution in [0, 0.1) is 10.8 Å². The molecule has 2 aliphatic rings. The summed E-state index contributed by atoms with van der Waals surface area (Å²) in [6.45, 7) is 9.73. The first kappa shape index (κ1) is 17.5. The highest BCUT2D eigenvalue weighted by Crippen LogP contribution is 2.62. The number of fused-ring (bicyclic) bond motifs is 2. The molecule has 2 atom stereocenters. The Kier molecular flexibility index (Phi) is 3.87. The van der Waals surface area contributed by atoms with Gasteiger partial charge in [0, 0.05) is 0 Å². The van der Waals surface area contributed by atoms with Crippen LogP contribution in [0.2, 0.25) is 0 Å². The van der Waals surface area contributed by atoms with Crippen LogP contribution >= 0.6 is 0 Å². The van der Waals surface area contributed by atoms with E-state index in [1.807, 2.05) is 0 Å². The van der Waals surface area contributed by atoms with Gasteiger partial charge in [0.1, 0.15) is 11.5 Å². The van der Waals surface area contributed by atoms with Crippen LogP contribution in [0.25, 0.3) is 0 Å². The lowest BCUT2D eigenvalue weighted by atomic mass is 9.63. The van der Waals surface area contributed by atoms with Crippen molar-refractivity contribution in [3.8, 4) is 11.5 Å². The van der Waals surface area contributed by atoms with E-state index in [1.165, 1.54) is 22.3 Å². The van der Waals surface area contributed by atoms with Gasteiger partial charge in [-0.25, -0.2) is 0 Å². The molecule has 0 heterocycles. The first-order chi connectivity index (χ1) is 12.3. The van der Waals surface area contributed by atoms with Crippen molar-refractivity contribution in [1.82, 2.24) is 0 Å². The average Bonchev–Trinajstić information content (AvgIpc) is 2.99. The molecule has 2 aromatic carbocycles. The number of hydrogen-bond donors (Lipinski definition) is 0. The third-order valence-corrected chi connectivity index (χ3v) is 6.68. The third-order valence-electron chi connectivity index (χ3n) is 6.68. The monoisotopic (exact) mass is 350 g/mol. The summed E-state index contributed by atoms with van der Waals surface area (Å²) < 4.78 is 11.0. The standard InChI is InChI=1S/C24H30O2/c1-23(2)13-15-11-17(25-5)7-9-19(15)21(23)22-20-10-8-18(26-6)12-16(20)14-24(22,3)4/h7-12,21-22H,13-14H2,1-6H3/t21-,22-/m1/s1. The third kappa shape index (κ3) is 2.53. The summed E-state index contributed by atoms with van der Waals surface area (Å²) in [5.74, 6) is 2.98. The molecule has 0 radical (unpaired) electrons. The van der Waals surface area contributed by atoms with Crippen molar-refractivity contribution in [3.05, 3.63) is 58.7 Å². The fraction of sp³-hybridized carbons (Fsp3) is 0.500. The lowest BCUT2D eigenvalue weighted by Gasteiger charge is -2.40. The quantitative estimate of drug-likeness (QED) is 0.703. The summed E-state index contributed by atoms with van der Waals surface area (Å²) in [6.07, 6.45) is 2.23. The van der Waals surface area contributed by atoms with Crippen molar-refractivity contribution in [1.29, 1.82) is 0 Å². The van der Waals surface area contributed by atoms with Gasteiger partial charge in [-0.2, -0.15) is 0 Å². The Bertz CT molecular complexity index is 776. The predicted molar refractivity (Wildman–Crippen MR) is 106 cm³/mol. The van der Waals surface area contributed by atoms with Gasteiger partial charge in [-0.3, -0.25) is 0 Å². The molecule has 0 aromatic heterocycles. The zero-order chi connectivity index (χ0) is 18.7. The van der Waals surface area contributed by atoms with Crippen molar-refractivity contribution < 1.29 is 9.47 Å². The van der Waals surface area contributed by atoms with Gasteiger partial charge in [0.25, 0.3) is 0 Å². The molecule has 2 nitrogen and oxygen atoms in total. The highest BCUT2D eigenvalue weighted by Gasteiger charge is 2.51. The molecule has 26 heavy (non-hydrogen) atoms. The van der Waals surface area contributed by atoms with Crippen molar-refractivity contribution in [3.63, 3.8) is 0 Å². The van der Waals surface area contributed by atoms with E-state index in [-0.39, 0.29) is 10.8 Å². The molecule has 0 bridgehead atoms. The minimum atomic E-state index is 0.234. The molecular formula is C24H30O2. The number of hydrogen-bond acceptors (Lipinski definition) is 2. The molecule has 0 N–H and O–H groups in total. The molecular weight excluding hydrogens is 320 g/mol. The van der Waals surface area contributed by atoms with E-state index >= 15 is 0 Å². The molecule has 2 heteroatoms. The fourth-order valence-electron chi connectivity index (χ4n) is 5.64. The number of rotatable bonds is 3. The molecule has 0 spiro atoms. The first-order valence-corrected chi connectivity index (χ1v) is 9.60. The Morgan fingerprint density at radius 1 is 0.692 bits per heavy atom. The van der Waals surface area contributed by atoms with Gasteiger partial charge in [-0.1, -0.05) is 39.8 Å². The summed E-state index contributed by atoms with van der Waals surface area (Å²) in [7, 11) is 3.51. The van der Waals surface area contributed by atoms with Crippen LogP contribution in [-0.2, 0) is 12.8 Å². The lowest BCUT2D eigenvalue weighted by molar-refractivity contribution is 0.188. The van der Waals surface area contributed by atoms with Gasteiger partial charge in [0.2, 0.25) is 0 Å². The van der Waals surface area contributed by atoms with Crippen molar-refractivity contribution >= 4 is 0 Å². The van der Waals surface area contributed by atoms with E-state index in [2.05, 4.69) is 64.1 Å². The maximum atomic E-state index is 5.48. The smallest absolute Gasteiger partial charge is 0.119 e. The van der Waals surface area contributed by atoms with Gasteiger partial charge < -0.3 is 9.47 Å². The van der Waals surface area contributed by atoms with Gasteiger partial charge >= 0.3 is 0 Å².